The minimum atomic E-state index is -4.58. The fourth-order valence-electron chi connectivity index (χ4n) is 2.17. The van der Waals surface area contributed by atoms with Crippen LogP contribution in [0.15, 0.2) is 36.4 Å². The number of amides is 1. The van der Waals surface area contributed by atoms with Crippen molar-refractivity contribution >= 4 is 23.2 Å². The predicted molar refractivity (Wildman–Crippen MR) is 83.1 cm³/mol. The van der Waals surface area contributed by atoms with E-state index in [-0.39, 0.29) is 17.5 Å². The fraction of sp³-hybridized carbons (Fsp3) is 0.188. The van der Waals surface area contributed by atoms with Crippen molar-refractivity contribution in [3.8, 4) is 17.2 Å². The summed E-state index contributed by atoms with van der Waals surface area (Å²) in [7, 11) is 0. The van der Waals surface area contributed by atoms with Crippen molar-refractivity contribution in [2.45, 2.75) is 6.18 Å². The summed E-state index contributed by atoms with van der Waals surface area (Å²) in [6.07, 6.45) is -4.58. The van der Waals surface area contributed by atoms with E-state index >= 15 is 0 Å². The fourth-order valence-corrected chi connectivity index (χ4v) is 2.37. The van der Waals surface area contributed by atoms with Crippen molar-refractivity contribution in [3.63, 3.8) is 0 Å². The van der Waals surface area contributed by atoms with Gasteiger partial charge in [0, 0.05) is 12.1 Å². The molecule has 0 spiro atoms. The number of alkyl halides is 3. The van der Waals surface area contributed by atoms with Gasteiger partial charge in [-0.05, 0) is 12.1 Å². The number of para-hydroxylation sites is 1. The molecule has 25 heavy (non-hydrogen) atoms. The Morgan fingerprint density at radius 1 is 1.20 bits per heavy atom. The van der Waals surface area contributed by atoms with Gasteiger partial charge < -0.3 is 19.5 Å². The molecular formula is C16H11ClF3NO4. The Morgan fingerprint density at radius 3 is 2.60 bits per heavy atom. The van der Waals surface area contributed by atoms with Gasteiger partial charge in [0.2, 0.25) is 6.79 Å². The molecule has 3 rings (SSSR count). The minimum Gasteiger partial charge on any atom is -0.483 e. The molecule has 1 N–H and O–H groups in total. The van der Waals surface area contributed by atoms with Gasteiger partial charge in [-0.15, -0.1) is 0 Å². The van der Waals surface area contributed by atoms with Gasteiger partial charge >= 0.3 is 6.18 Å². The first-order chi connectivity index (χ1) is 11.8. The Balaban J connectivity index is 1.67. The number of hydrogen-bond donors (Lipinski definition) is 1. The molecule has 0 saturated heterocycles. The molecule has 9 heteroatoms. The van der Waals surface area contributed by atoms with Gasteiger partial charge in [-0.1, -0.05) is 23.7 Å². The van der Waals surface area contributed by atoms with Crippen LogP contribution in [0, 0.1) is 0 Å². The number of benzene rings is 2. The van der Waals surface area contributed by atoms with Crippen LogP contribution < -0.4 is 19.5 Å². The highest BCUT2D eigenvalue weighted by molar-refractivity contribution is 6.34. The second kappa shape index (κ2) is 6.72. The topological polar surface area (TPSA) is 56.8 Å². The van der Waals surface area contributed by atoms with Crippen LogP contribution in [0.4, 0.5) is 18.9 Å². The van der Waals surface area contributed by atoms with Crippen LogP contribution in [0.1, 0.15) is 5.56 Å². The first-order valence-corrected chi connectivity index (χ1v) is 7.40. The average Bonchev–Trinajstić information content (AvgIpc) is 2.99. The van der Waals surface area contributed by atoms with E-state index < -0.39 is 30.0 Å². The average molecular weight is 374 g/mol. The number of fused-ring (bicyclic) bond motifs is 1. The molecule has 0 radical (unpaired) electrons. The van der Waals surface area contributed by atoms with Gasteiger partial charge in [-0.25, -0.2) is 0 Å². The van der Waals surface area contributed by atoms with Crippen LogP contribution in [0.25, 0.3) is 0 Å². The smallest absolute Gasteiger partial charge is 0.419 e. The molecule has 0 fully saturated rings. The monoisotopic (exact) mass is 373 g/mol. The normalized spacial score (nSPS) is 12.8. The molecular weight excluding hydrogens is 363 g/mol. The third-order valence-electron chi connectivity index (χ3n) is 3.29. The standard InChI is InChI=1S/C16H11ClF3NO4/c17-10-5-13-14(25-8-24-13)6-11(10)21-15(22)7-23-12-4-2-1-3-9(12)16(18,19)20/h1-6H,7-8H2,(H,21,22). The molecule has 0 saturated carbocycles. The lowest BCUT2D eigenvalue weighted by molar-refractivity contribution is -0.139. The molecule has 2 aromatic rings. The molecule has 1 aliphatic heterocycles. The van der Waals surface area contributed by atoms with Crippen molar-refractivity contribution in [1.82, 2.24) is 0 Å². The van der Waals surface area contributed by atoms with E-state index in [4.69, 9.17) is 25.8 Å². The number of halogens is 4. The summed E-state index contributed by atoms with van der Waals surface area (Å²) in [6, 6.07) is 7.58. The summed E-state index contributed by atoms with van der Waals surface area (Å²) in [5.41, 5.74) is -0.715. The summed E-state index contributed by atoms with van der Waals surface area (Å²) >= 11 is 6.01. The highest BCUT2D eigenvalue weighted by Crippen LogP contribution is 2.39. The maximum atomic E-state index is 12.9. The lowest BCUT2D eigenvalue weighted by Gasteiger charge is -2.14. The van der Waals surface area contributed by atoms with Crippen LogP contribution in [-0.4, -0.2) is 19.3 Å². The van der Waals surface area contributed by atoms with E-state index in [1.807, 2.05) is 0 Å². The molecule has 132 valence electrons. The summed E-state index contributed by atoms with van der Waals surface area (Å²) in [6.45, 7) is -0.571. The zero-order valence-corrected chi connectivity index (χ0v) is 13.3. The van der Waals surface area contributed by atoms with Crippen molar-refractivity contribution in [1.29, 1.82) is 0 Å². The van der Waals surface area contributed by atoms with E-state index in [1.54, 1.807) is 0 Å². The Bertz CT molecular complexity index is 810. The molecule has 1 amide bonds. The quantitative estimate of drug-likeness (QED) is 0.876. The van der Waals surface area contributed by atoms with E-state index in [9.17, 15) is 18.0 Å². The second-order valence-electron chi connectivity index (χ2n) is 5.02. The largest absolute Gasteiger partial charge is 0.483 e. The van der Waals surface area contributed by atoms with Crippen LogP contribution in [0.5, 0.6) is 17.2 Å². The highest BCUT2D eigenvalue weighted by atomic mass is 35.5. The second-order valence-corrected chi connectivity index (χ2v) is 5.42. The molecule has 0 unspecified atom stereocenters. The first-order valence-electron chi connectivity index (χ1n) is 7.02. The zero-order valence-electron chi connectivity index (χ0n) is 12.5. The van der Waals surface area contributed by atoms with Crippen molar-refractivity contribution in [2.75, 3.05) is 18.7 Å². The predicted octanol–water partition coefficient (Wildman–Crippen LogP) is 4.11. The number of carbonyl (C=O) groups is 1. The number of anilines is 1. The summed E-state index contributed by atoms with van der Waals surface area (Å²) in [4.78, 5) is 12.0. The Labute approximate surface area is 145 Å². The molecule has 1 aliphatic rings. The SMILES string of the molecule is O=C(COc1ccccc1C(F)(F)F)Nc1cc2c(cc1Cl)OCO2. The van der Waals surface area contributed by atoms with Crippen LogP contribution in [-0.2, 0) is 11.0 Å². The van der Waals surface area contributed by atoms with Gasteiger partial charge in [0.1, 0.15) is 5.75 Å². The van der Waals surface area contributed by atoms with Gasteiger partial charge in [-0.3, -0.25) is 4.79 Å². The van der Waals surface area contributed by atoms with E-state index in [0.717, 1.165) is 12.1 Å². The Kier molecular flexibility index (Phi) is 4.63. The molecule has 0 bridgehead atoms. The molecule has 0 aromatic heterocycles. The summed E-state index contributed by atoms with van der Waals surface area (Å²) in [5.74, 6) is -0.249. The van der Waals surface area contributed by atoms with Crippen molar-refractivity contribution in [3.05, 3.63) is 47.0 Å². The van der Waals surface area contributed by atoms with Gasteiger partial charge in [0.05, 0.1) is 16.3 Å². The first kappa shape index (κ1) is 17.2. The van der Waals surface area contributed by atoms with Crippen LogP contribution in [0.3, 0.4) is 0 Å². The third-order valence-corrected chi connectivity index (χ3v) is 3.60. The number of nitrogens with one attached hydrogen (secondary N) is 1. The number of carbonyl (C=O) groups excluding carboxylic acids is 1. The molecule has 5 nitrogen and oxygen atoms in total. The third kappa shape index (κ3) is 3.90. The van der Waals surface area contributed by atoms with Crippen molar-refractivity contribution in [2.24, 2.45) is 0 Å². The van der Waals surface area contributed by atoms with Gasteiger partial charge in [0.25, 0.3) is 5.91 Å². The lowest BCUT2D eigenvalue weighted by Crippen LogP contribution is -2.21. The van der Waals surface area contributed by atoms with Crippen molar-refractivity contribution < 1.29 is 32.2 Å². The number of hydrogen-bond acceptors (Lipinski definition) is 4. The molecule has 2 aromatic carbocycles. The van der Waals surface area contributed by atoms with Gasteiger partial charge in [-0.2, -0.15) is 13.2 Å². The number of rotatable bonds is 4. The van der Waals surface area contributed by atoms with E-state index in [2.05, 4.69) is 5.32 Å². The molecule has 1 heterocycles. The zero-order chi connectivity index (χ0) is 18.0. The van der Waals surface area contributed by atoms with E-state index in [0.29, 0.717) is 11.5 Å². The number of ether oxygens (including phenoxy) is 3. The summed E-state index contributed by atoms with van der Waals surface area (Å²) < 4.78 is 53.9. The lowest BCUT2D eigenvalue weighted by atomic mass is 10.2. The van der Waals surface area contributed by atoms with Crippen LogP contribution in [0.2, 0.25) is 5.02 Å². The highest BCUT2D eigenvalue weighted by Gasteiger charge is 2.34. The maximum Gasteiger partial charge on any atom is 0.419 e. The van der Waals surface area contributed by atoms with Crippen LogP contribution >= 0.6 is 11.6 Å². The van der Waals surface area contributed by atoms with Gasteiger partial charge in [0.15, 0.2) is 18.1 Å². The Hall–Kier alpha value is -2.61. The Morgan fingerprint density at radius 2 is 1.88 bits per heavy atom. The minimum absolute atomic E-state index is 0.0421. The molecule has 0 atom stereocenters. The summed E-state index contributed by atoms with van der Waals surface area (Å²) in [5, 5.41) is 2.66. The maximum absolute atomic E-state index is 12.9. The van der Waals surface area contributed by atoms with E-state index in [1.165, 1.54) is 24.3 Å². The molecule has 0 aliphatic carbocycles.